The Bertz CT molecular complexity index is 1640. The highest BCUT2D eigenvalue weighted by Crippen LogP contribution is 2.45. The number of alkyl carbamates (subject to hydrolysis) is 1. The van der Waals surface area contributed by atoms with Crippen LogP contribution in [0.4, 0.5) is 22.2 Å². The fourth-order valence-corrected chi connectivity index (χ4v) is 7.39. The lowest BCUT2D eigenvalue weighted by Crippen LogP contribution is -2.53. The quantitative estimate of drug-likeness (QED) is 0.247. The third-order valence-electron chi connectivity index (χ3n) is 8.04. The molecule has 0 saturated carbocycles. The van der Waals surface area contributed by atoms with Crippen LogP contribution in [0.1, 0.15) is 33.6 Å². The molecule has 2 fully saturated rings. The number of imidazole rings is 1. The lowest BCUT2D eigenvalue weighted by Gasteiger charge is -2.43. The van der Waals surface area contributed by atoms with Gasteiger partial charge in [0.25, 0.3) is 0 Å². The molecule has 1 amide bonds. The number of fused-ring (bicyclic) bond motifs is 1. The van der Waals surface area contributed by atoms with Crippen LogP contribution in [0, 0.1) is 5.41 Å². The lowest BCUT2D eigenvalue weighted by molar-refractivity contribution is 0.0455. The van der Waals surface area contributed by atoms with E-state index in [1.165, 1.54) is 11.8 Å². The van der Waals surface area contributed by atoms with Gasteiger partial charge < -0.3 is 25.6 Å². The summed E-state index contributed by atoms with van der Waals surface area (Å²) in [4.78, 5) is 32.4. The summed E-state index contributed by atoms with van der Waals surface area (Å²) >= 11 is 14.6. The maximum atomic E-state index is 12.9. The zero-order valence-electron chi connectivity index (χ0n) is 24.3. The first-order valence-electron chi connectivity index (χ1n) is 14.2. The van der Waals surface area contributed by atoms with Gasteiger partial charge in [-0.25, -0.2) is 19.7 Å². The Kier molecular flexibility index (Phi) is 7.99. The minimum atomic E-state index is -0.570. The highest BCUT2D eigenvalue weighted by Gasteiger charge is 2.49. The number of piperidine rings is 1. The molecule has 3 N–H and O–H groups in total. The van der Waals surface area contributed by atoms with Crippen LogP contribution in [0.15, 0.2) is 64.8 Å². The molecule has 1 spiro atoms. The number of anilines is 3. The van der Waals surface area contributed by atoms with Crippen molar-refractivity contribution in [2.24, 2.45) is 5.41 Å². The van der Waals surface area contributed by atoms with Crippen LogP contribution in [-0.2, 0) is 4.74 Å². The second kappa shape index (κ2) is 11.6. The van der Waals surface area contributed by atoms with Crippen LogP contribution in [0.3, 0.4) is 0 Å². The fourth-order valence-electron chi connectivity index (χ4n) is 5.97. The van der Waals surface area contributed by atoms with Gasteiger partial charge >= 0.3 is 6.09 Å². The Balaban J connectivity index is 1.25. The van der Waals surface area contributed by atoms with Crippen molar-refractivity contribution in [3.8, 4) is 0 Å². The Morgan fingerprint density at radius 1 is 1.09 bits per heavy atom. The summed E-state index contributed by atoms with van der Waals surface area (Å²) in [6.07, 6.45) is 6.57. The molecule has 0 radical (unpaired) electrons. The van der Waals surface area contributed by atoms with Gasteiger partial charge in [0.2, 0.25) is 5.95 Å². The molecule has 0 bridgehead atoms. The van der Waals surface area contributed by atoms with Crippen LogP contribution in [0.2, 0.25) is 10.2 Å². The SMILES string of the molecule is CC(C)(C)OC(=O)N[C@@H]1CN(c2ccccc2)CC12CCN(c1nc(Cl)c(Sc3ccnc(N)c3Cl)c3nccn13)CC2. The summed E-state index contributed by atoms with van der Waals surface area (Å²) in [7, 11) is 0. The lowest BCUT2D eigenvalue weighted by atomic mass is 9.74. The second-order valence-corrected chi connectivity index (χ2v) is 13.8. The molecule has 3 aromatic heterocycles. The number of carbonyl (C=O) groups excluding carboxylic acids is 1. The van der Waals surface area contributed by atoms with Crippen molar-refractivity contribution in [2.45, 2.75) is 55.0 Å². The van der Waals surface area contributed by atoms with Crippen molar-refractivity contribution >= 4 is 64.2 Å². The summed E-state index contributed by atoms with van der Waals surface area (Å²) in [5, 5.41) is 3.93. The first kappa shape index (κ1) is 29.7. The highest BCUT2D eigenvalue weighted by atomic mass is 35.5. The molecular weight excluding hydrogens is 607 g/mol. The number of nitrogens with one attached hydrogen (secondary N) is 1. The molecule has 43 heavy (non-hydrogen) atoms. The van der Waals surface area contributed by atoms with Crippen LogP contribution in [0.5, 0.6) is 0 Å². The van der Waals surface area contributed by atoms with Crippen molar-refractivity contribution in [1.29, 1.82) is 0 Å². The molecule has 6 rings (SSSR count). The van der Waals surface area contributed by atoms with Crippen molar-refractivity contribution in [3.05, 3.63) is 65.2 Å². The molecule has 226 valence electrons. The normalized spacial score (nSPS) is 18.4. The summed E-state index contributed by atoms with van der Waals surface area (Å²) in [5.74, 6) is 0.984. The predicted octanol–water partition coefficient (Wildman–Crippen LogP) is 6.16. The van der Waals surface area contributed by atoms with Crippen molar-refractivity contribution in [1.82, 2.24) is 24.7 Å². The number of nitrogens with two attached hydrogens (primary N) is 1. The highest BCUT2D eigenvalue weighted by molar-refractivity contribution is 7.99. The first-order valence-corrected chi connectivity index (χ1v) is 15.8. The Morgan fingerprint density at radius 3 is 2.56 bits per heavy atom. The van der Waals surface area contributed by atoms with Crippen LogP contribution < -0.4 is 20.9 Å². The molecule has 2 aliphatic rings. The van der Waals surface area contributed by atoms with Gasteiger partial charge in [-0.05, 0) is 51.8 Å². The summed E-state index contributed by atoms with van der Waals surface area (Å²) in [6.45, 7) is 8.68. The van der Waals surface area contributed by atoms with E-state index in [9.17, 15) is 4.79 Å². The number of ether oxygens (including phenoxy) is 1. The van der Waals surface area contributed by atoms with Crippen LogP contribution in [-0.4, -0.2) is 63.3 Å². The average Bonchev–Trinajstić information content (AvgIpc) is 3.58. The van der Waals surface area contributed by atoms with Gasteiger partial charge in [0, 0.05) is 60.8 Å². The number of carbonyl (C=O) groups is 1. The number of benzene rings is 1. The first-order chi connectivity index (χ1) is 20.5. The Labute approximate surface area is 264 Å². The molecule has 1 aromatic carbocycles. The Hall–Kier alpha value is -3.41. The van der Waals surface area contributed by atoms with Crippen molar-refractivity contribution in [2.75, 3.05) is 41.7 Å². The average molecular weight is 642 g/mol. The van der Waals surface area contributed by atoms with Crippen molar-refractivity contribution < 1.29 is 9.53 Å². The molecule has 4 aromatic rings. The van der Waals surface area contributed by atoms with Gasteiger partial charge in [-0.15, -0.1) is 0 Å². The molecule has 1 atom stereocenters. The maximum absolute atomic E-state index is 12.9. The monoisotopic (exact) mass is 640 g/mol. The van der Waals surface area contributed by atoms with E-state index in [4.69, 9.17) is 38.7 Å². The number of hydrogen-bond donors (Lipinski definition) is 2. The van der Waals surface area contributed by atoms with Gasteiger partial charge in [-0.1, -0.05) is 53.2 Å². The third kappa shape index (κ3) is 6.03. The maximum Gasteiger partial charge on any atom is 0.407 e. The van der Waals surface area contributed by atoms with E-state index in [2.05, 4.69) is 37.2 Å². The van der Waals surface area contributed by atoms with E-state index in [0.29, 0.717) is 27.3 Å². The van der Waals surface area contributed by atoms with E-state index in [-0.39, 0.29) is 23.4 Å². The molecule has 0 unspecified atom stereocenters. The number of aromatic nitrogens is 4. The van der Waals surface area contributed by atoms with Gasteiger partial charge in [0.15, 0.2) is 10.8 Å². The molecule has 2 aliphatic heterocycles. The zero-order valence-corrected chi connectivity index (χ0v) is 26.6. The second-order valence-electron chi connectivity index (χ2n) is 12.0. The zero-order chi connectivity index (χ0) is 30.4. The molecule has 10 nitrogen and oxygen atoms in total. The van der Waals surface area contributed by atoms with E-state index in [1.54, 1.807) is 18.5 Å². The number of rotatable bonds is 5. The number of nitrogen functional groups attached to an aromatic ring is 1. The minimum Gasteiger partial charge on any atom is -0.444 e. The Morgan fingerprint density at radius 2 is 1.84 bits per heavy atom. The molecule has 5 heterocycles. The molecule has 2 saturated heterocycles. The number of amides is 1. The summed E-state index contributed by atoms with van der Waals surface area (Å²) in [5.41, 5.74) is 7.05. The van der Waals surface area contributed by atoms with E-state index in [0.717, 1.165) is 49.0 Å². The van der Waals surface area contributed by atoms with Crippen molar-refractivity contribution in [3.63, 3.8) is 0 Å². The minimum absolute atomic E-state index is 0.0640. The van der Waals surface area contributed by atoms with Gasteiger partial charge in [-0.2, -0.15) is 0 Å². The van der Waals surface area contributed by atoms with Gasteiger partial charge in [0.1, 0.15) is 11.4 Å². The number of pyridine rings is 1. The predicted molar refractivity (Wildman–Crippen MR) is 171 cm³/mol. The van der Waals surface area contributed by atoms with E-state index >= 15 is 0 Å². The van der Waals surface area contributed by atoms with Crippen LogP contribution >= 0.6 is 35.0 Å². The number of halogens is 2. The molecule has 0 aliphatic carbocycles. The topological polar surface area (TPSA) is 114 Å². The summed E-state index contributed by atoms with van der Waals surface area (Å²) in [6, 6.07) is 12.1. The van der Waals surface area contributed by atoms with Gasteiger partial charge in [0.05, 0.1) is 16.0 Å². The fraction of sp³-hybridized carbons (Fsp3) is 0.400. The number of hydrogen-bond acceptors (Lipinski definition) is 9. The van der Waals surface area contributed by atoms with E-state index < -0.39 is 5.60 Å². The largest absolute Gasteiger partial charge is 0.444 e. The number of para-hydroxylation sites is 1. The van der Waals surface area contributed by atoms with Gasteiger partial charge in [-0.3, -0.25) is 4.40 Å². The number of nitrogens with zero attached hydrogens (tertiary/aromatic N) is 6. The van der Waals surface area contributed by atoms with Crippen LogP contribution in [0.25, 0.3) is 5.65 Å². The smallest absolute Gasteiger partial charge is 0.407 e. The third-order valence-corrected chi connectivity index (χ3v) is 10.1. The summed E-state index contributed by atoms with van der Waals surface area (Å²) < 4.78 is 7.61. The molecular formula is C30H34Cl2N8O2S. The van der Waals surface area contributed by atoms with E-state index in [1.807, 2.05) is 49.6 Å². The molecule has 13 heteroatoms. The standard InChI is InChI=1S/C30H34Cl2N8O2S/c1-29(2,3)42-28(41)36-21-17-39(19-7-5-4-6-8-19)18-30(21)10-14-38(15-11-30)27-37-24(32)23(26-35-13-16-40(26)27)43-20-9-12-34-25(33)22(20)31/h4-9,12-13,16,21H,10-11,14-15,17-18H2,1-3H3,(H2,33,34)(H,36,41)/t21-/m1/s1.